The van der Waals surface area contributed by atoms with Crippen LogP contribution in [0.1, 0.15) is 34.1 Å². The van der Waals surface area contributed by atoms with Crippen LogP contribution in [-0.4, -0.2) is 33.9 Å². The predicted octanol–water partition coefficient (Wildman–Crippen LogP) is 3.48. The molecule has 8 heteroatoms. The molecule has 3 aromatic rings. The quantitative estimate of drug-likeness (QED) is 0.520. The van der Waals surface area contributed by atoms with Crippen molar-refractivity contribution in [2.24, 2.45) is 12.1 Å². The first kappa shape index (κ1) is 19.4. The second-order valence-electron chi connectivity index (χ2n) is 7.03. The summed E-state index contributed by atoms with van der Waals surface area (Å²) in [6.45, 7) is 2.85. The zero-order chi connectivity index (χ0) is 21.1. The number of hydrazone groups is 1. The maximum absolute atomic E-state index is 12.4. The van der Waals surface area contributed by atoms with Crippen molar-refractivity contribution >= 4 is 29.0 Å². The molecule has 1 aromatic heterocycles. The number of benzene rings is 2. The lowest BCUT2D eigenvalue weighted by Gasteiger charge is -2.13. The number of aryl methyl sites for hydroxylation is 1. The van der Waals surface area contributed by atoms with Gasteiger partial charge in [-0.05, 0) is 55.5 Å². The largest absolute Gasteiger partial charge is 0.423 e. The molecule has 1 aliphatic heterocycles. The Balaban J connectivity index is 1.36. The Labute approximate surface area is 173 Å². The maximum Gasteiger partial charge on any atom is 0.343 e. The lowest BCUT2D eigenvalue weighted by molar-refractivity contribution is 0.0734. The summed E-state index contributed by atoms with van der Waals surface area (Å²) in [5.74, 6) is -0.316. The van der Waals surface area contributed by atoms with Crippen LogP contribution in [0.2, 0.25) is 0 Å². The average molecular weight is 403 g/mol. The number of carbonyl (C=O) groups excluding carboxylic acids is 2. The summed E-state index contributed by atoms with van der Waals surface area (Å²) < 4.78 is 6.98. The van der Waals surface area contributed by atoms with Gasteiger partial charge in [-0.25, -0.2) is 4.79 Å². The summed E-state index contributed by atoms with van der Waals surface area (Å²) in [5.41, 5.74) is 3.55. The fraction of sp³-hybridized carbons (Fsp3) is 0.182. The summed E-state index contributed by atoms with van der Waals surface area (Å²) in [7, 11) is 1.74. The van der Waals surface area contributed by atoms with Crippen LogP contribution in [0, 0.1) is 0 Å². The number of anilines is 2. The van der Waals surface area contributed by atoms with Crippen LogP contribution in [0.5, 0.6) is 5.75 Å². The zero-order valence-corrected chi connectivity index (χ0v) is 16.7. The fourth-order valence-electron chi connectivity index (χ4n) is 3.04. The highest BCUT2D eigenvalue weighted by atomic mass is 16.5. The van der Waals surface area contributed by atoms with Gasteiger partial charge in [0.2, 0.25) is 0 Å². The first-order valence-corrected chi connectivity index (χ1v) is 9.52. The number of nitrogens with one attached hydrogen (secondary N) is 1. The molecule has 1 aliphatic rings. The Kier molecular flexibility index (Phi) is 5.30. The van der Waals surface area contributed by atoms with Crippen molar-refractivity contribution < 1.29 is 14.3 Å². The van der Waals surface area contributed by atoms with Crippen molar-refractivity contribution in [3.05, 3.63) is 72.1 Å². The van der Waals surface area contributed by atoms with Crippen LogP contribution in [0.15, 0.2) is 66.0 Å². The van der Waals surface area contributed by atoms with E-state index in [0.29, 0.717) is 22.6 Å². The maximum atomic E-state index is 12.4. The van der Waals surface area contributed by atoms with E-state index in [0.717, 1.165) is 24.4 Å². The third kappa shape index (κ3) is 4.38. The molecule has 2 aromatic carbocycles. The SMILES string of the molecule is CC1=NN(c2ccc(C(=O)Oc3ccc(NC(=O)c4cnn(C)c4)cc3)cc2)CC1. The second-order valence-corrected chi connectivity index (χ2v) is 7.03. The number of hydrogen-bond acceptors (Lipinski definition) is 6. The van der Waals surface area contributed by atoms with Crippen molar-refractivity contribution in [2.75, 3.05) is 16.9 Å². The summed E-state index contributed by atoms with van der Waals surface area (Å²) in [6.07, 6.45) is 4.07. The van der Waals surface area contributed by atoms with Gasteiger partial charge >= 0.3 is 5.97 Å². The van der Waals surface area contributed by atoms with E-state index in [-0.39, 0.29) is 5.91 Å². The van der Waals surface area contributed by atoms with E-state index in [2.05, 4.69) is 15.5 Å². The molecule has 0 unspecified atom stereocenters. The second kappa shape index (κ2) is 8.20. The van der Waals surface area contributed by atoms with Crippen molar-refractivity contribution in [1.82, 2.24) is 9.78 Å². The van der Waals surface area contributed by atoms with Gasteiger partial charge in [0.1, 0.15) is 5.75 Å². The molecular formula is C22H21N5O3. The van der Waals surface area contributed by atoms with Gasteiger partial charge in [0, 0.05) is 37.6 Å². The van der Waals surface area contributed by atoms with E-state index >= 15 is 0 Å². The molecule has 4 rings (SSSR count). The molecule has 0 bridgehead atoms. The molecule has 152 valence electrons. The van der Waals surface area contributed by atoms with E-state index in [1.165, 1.54) is 6.20 Å². The Morgan fingerprint density at radius 2 is 1.77 bits per heavy atom. The van der Waals surface area contributed by atoms with Gasteiger partial charge in [-0.15, -0.1) is 0 Å². The summed E-state index contributed by atoms with van der Waals surface area (Å²) in [6, 6.07) is 13.8. The smallest absolute Gasteiger partial charge is 0.343 e. The fourth-order valence-corrected chi connectivity index (χ4v) is 3.04. The molecule has 8 nitrogen and oxygen atoms in total. The molecule has 1 amide bonds. The number of carbonyl (C=O) groups is 2. The highest BCUT2D eigenvalue weighted by Gasteiger charge is 2.15. The lowest BCUT2D eigenvalue weighted by Crippen LogP contribution is -2.13. The highest BCUT2D eigenvalue weighted by Crippen LogP contribution is 2.21. The van der Waals surface area contributed by atoms with E-state index in [1.807, 2.05) is 24.1 Å². The lowest BCUT2D eigenvalue weighted by atomic mass is 10.2. The monoisotopic (exact) mass is 403 g/mol. The molecule has 0 spiro atoms. The molecule has 30 heavy (non-hydrogen) atoms. The van der Waals surface area contributed by atoms with Crippen molar-refractivity contribution in [3.8, 4) is 5.75 Å². The average Bonchev–Trinajstić information content (AvgIpc) is 3.38. The number of esters is 1. The molecule has 1 N–H and O–H groups in total. The number of hydrogen-bond donors (Lipinski definition) is 1. The van der Waals surface area contributed by atoms with E-state index < -0.39 is 5.97 Å². The van der Waals surface area contributed by atoms with Gasteiger partial charge < -0.3 is 10.1 Å². The minimum atomic E-state index is -0.449. The Morgan fingerprint density at radius 3 is 2.37 bits per heavy atom. The van der Waals surface area contributed by atoms with Crippen molar-refractivity contribution in [2.45, 2.75) is 13.3 Å². The standard InChI is InChI=1S/C22H21N5O3/c1-15-11-12-27(25-15)19-7-3-16(4-8-19)22(29)30-20-9-5-18(6-10-20)24-21(28)17-13-23-26(2)14-17/h3-10,13-14H,11-12H2,1-2H3,(H,24,28). The molecule has 0 fully saturated rings. The number of aromatic nitrogens is 2. The number of amides is 1. The normalized spacial score (nSPS) is 13.1. The molecular weight excluding hydrogens is 382 g/mol. The first-order chi connectivity index (χ1) is 14.5. The molecule has 0 saturated carbocycles. The van der Waals surface area contributed by atoms with E-state index in [1.54, 1.807) is 54.3 Å². The van der Waals surface area contributed by atoms with Crippen LogP contribution in [-0.2, 0) is 7.05 Å². The predicted molar refractivity (Wildman–Crippen MR) is 114 cm³/mol. The van der Waals surface area contributed by atoms with Gasteiger partial charge in [-0.2, -0.15) is 10.2 Å². The Hall–Kier alpha value is -3.94. The highest BCUT2D eigenvalue weighted by molar-refractivity contribution is 6.04. The topological polar surface area (TPSA) is 88.8 Å². The molecule has 0 atom stereocenters. The van der Waals surface area contributed by atoms with Crippen molar-refractivity contribution in [3.63, 3.8) is 0 Å². The number of rotatable bonds is 5. The molecule has 0 saturated heterocycles. The van der Waals surface area contributed by atoms with E-state index in [9.17, 15) is 9.59 Å². The molecule has 2 heterocycles. The van der Waals surface area contributed by atoms with Crippen LogP contribution < -0.4 is 15.1 Å². The molecule has 0 radical (unpaired) electrons. The van der Waals surface area contributed by atoms with Gasteiger partial charge in [-0.3, -0.25) is 14.5 Å². The van der Waals surface area contributed by atoms with Gasteiger partial charge in [0.05, 0.1) is 23.0 Å². The first-order valence-electron chi connectivity index (χ1n) is 9.52. The van der Waals surface area contributed by atoms with Crippen molar-refractivity contribution in [1.29, 1.82) is 0 Å². The van der Waals surface area contributed by atoms with Crippen LogP contribution in [0.4, 0.5) is 11.4 Å². The number of nitrogens with zero attached hydrogens (tertiary/aromatic N) is 4. The third-order valence-corrected chi connectivity index (χ3v) is 4.67. The van der Waals surface area contributed by atoms with Crippen LogP contribution in [0.3, 0.4) is 0 Å². The Morgan fingerprint density at radius 1 is 1.03 bits per heavy atom. The minimum absolute atomic E-state index is 0.259. The summed E-state index contributed by atoms with van der Waals surface area (Å²) in [5, 5.41) is 13.1. The van der Waals surface area contributed by atoms with E-state index in [4.69, 9.17) is 4.74 Å². The van der Waals surface area contributed by atoms with Crippen LogP contribution >= 0.6 is 0 Å². The zero-order valence-electron chi connectivity index (χ0n) is 16.7. The van der Waals surface area contributed by atoms with Crippen LogP contribution in [0.25, 0.3) is 0 Å². The summed E-state index contributed by atoms with van der Waals surface area (Å²) in [4.78, 5) is 24.6. The van der Waals surface area contributed by atoms with Gasteiger partial charge in [-0.1, -0.05) is 0 Å². The third-order valence-electron chi connectivity index (χ3n) is 4.67. The van der Waals surface area contributed by atoms with Gasteiger partial charge in [0.25, 0.3) is 5.91 Å². The molecule has 0 aliphatic carbocycles. The van der Waals surface area contributed by atoms with Gasteiger partial charge in [0.15, 0.2) is 0 Å². The summed E-state index contributed by atoms with van der Waals surface area (Å²) >= 11 is 0. The Bertz CT molecular complexity index is 1100. The minimum Gasteiger partial charge on any atom is -0.423 e. The number of ether oxygens (including phenoxy) is 1.